The van der Waals surface area contributed by atoms with Crippen molar-refractivity contribution in [1.82, 2.24) is 4.31 Å². The van der Waals surface area contributed by atoms with Crippen LogP contribution >= 0.6 is 0 Å². The van der Waals surface area contributed by atoms with Crippen LogP contribution in [0.25, 0.3) is 0 Å². The van der Waals surface area contributed by atoms with Gasteiger partial charge in [0.1, 0.15) is 0 Å². The van der Waals surface area contributed by atoms with Gasteiger partial charge >= 0.3 is 0 Å². The third-order valence-corrected chi connectivity index (χ3v) is 3.82. The molecule has 0 bridgehead atoms. The summed E-state index contributed by atoms with van der Waals surface area (Å²) in [6, 6.07) is 0. The van der Waals surface area contributed by atoms with Gasteiger partial charge in [0.15, 0.2) is 0 Å². The third kappa shape index (κ3) is 2.76. The third-order valence-electron chi connectivity index (χ3n) is 1.55. The normalized spacial score (nSPS) is 15.4. The standard InChI is InChI=1S/C6H15NO3S/c1-6(4-5-8)11(9,10)7(2)3/h6,8H,4-5H2,1-3H3. The molecule has 0 fully saturated rings. The topological polar surface area (TPSA) is 57.6 Å². The van der Waals surface area contributed by atoms with Crippen LogP contribution in [0.5, 0.6) is 0 Å². The van der Waals surface area contributed by atoms with Gasteiger partial charge in [-0.15, -0.1) is 0 Å². The number of nitrogens with zero attached hydrogens (tertiary/aromatic N) is 1. The lowest BCUT2D eigenvalue weighted by Crippen LogP contribution is -2.32. The van der Waals surface area contributed by atoms with E-state index in [1.165, 1.54) is 18.4 Å². The Morgan fingerprint density at radius 1 is 1.45 bits per heavy atom. The first kappa shape index (κ1) is 10.9. The molecule has 68 valence electrons. The Morgan fingerprint density at radius 2 is 1.91 bits per heavy atom. The molecule has 0 radical (unpaired) electrons. The van der Waals surface area contributed by atoms with Crippen molar-refractivity contribution in [2.75, 3.05) is 20.7 Å². The summed E-state index contributed by atoms with van der Waals surface area (Å²) in [4.78, 5) is 0. The number of aliphatic hydroxyl groups is 1. The SMILES string of the molecule is CC(CCO)S(=O)(=O)N(C)C. The van der Waals surface area contributed by atoms with E-state index in [-0.39, 0.29) is 6.61 Å². The summed E-state index contributed by atoms with van der Waals surface area (Å²) in [7, 11) is -0.187. The minimum atomic E-state index is -3.17. The molecule has 1 unspecified atom stereocenters. The quantitative estimate of drug-likeness (QED) is 0.645. The van der Waals surface area contributed by atoms with Crippen molar-refractivity contribution in [3.05, 3.63) is 0 Å². The van der Waals surface area contributed by atoms with E-state index in [1.54, 1.807) is 6.92 Å². The fourth-order valence-corrected chi connectivity index (χ4v) is 1.81. The van der Waals surface area contributed by atoms with E-state index < -0.39 is 15.3 Å². The van der Waals surface area contributed by atoms with Crippen LogP contribution in [-0.2, 0) is 10.0 Å². The van der Waals surface area contributed by atoms with E-state index in [2.05, 4.69) is 0 Å². The molecule has 5 heteroatoms. The zero-order valence-electron chi connectivity index (χ0n) is 7.11. The molecule has 0 aromatic rings. The van der Waals surface area contributed by atoms with Crippen LogP contribution in [0.1, 0.15) is 13.3 Å². The van der Waals surface area contributed by atoms with Crippen LogP contribution in [0.3, 0.4) is 0 Å². The van der Waals surface area contributed by atoms with E-state index in [4.69, 9.17) is 5.11 Å². The second-order valence-electron chi connectivity index (χ2n) is 2.65. The largest absolute Gasteiger partial charge is 0.396 e. The van der Waals surface area contributed by atoms with Gasteiger partial charge in [-0.25, -0.2) is 12.7 Å². The zero-order chi connectivity index (χ0) is 9.07. The number of hydrogen-bond acceptors (Lipinski definition) is 3. The smallest absolute Gasteiger partial charge is 0.216 e. The summed E-state index contributed by atoms with van der Waals surface area (Å²) < 4.78 is 23.6. The molecule has 0 aliphatic rings. The van der Waals surface area contributed by atoms with E-state index in [1.807, 2.05) is 0 Å². The molecule has 0 aliphatic heterocycles. The summed E-state index contributed by atoms with van der Waals surface area (Å²) in [6.45, 7) is 1.50. The molecule has 0 rings (SSSR count). The minimum Gasteiger partial charge on any atom is -0.396 e. The summed E-state index contributed by atoms with van der Waals surface area (Å²) in [5.41, 5.74) is 0. The van der Waals surface area contributed by atoms with Crippen LogP contribution in [0.2, 0.25) is 0 Å². The van der Waals surface area contributed by atoms with Gasteiger partial charge in [0, 0.05) is 20.7 Å². The predicted octanol–water partition coefficient (Wildman–Crippen LogP) is -0.351. The lowest BCUT2D eigenvalue weighted by molar-refractivity contribution is 0.286. The van der Waals surface area contributed by atoms with Gasteiger partial charge < -0.3 is 5.11 Å². The fraction of sp³-hybridized carbons (Fsp3) is 1.00. The van der Waals surface area contributed by atoms with Crippen LogP contribution < -0.4 is 0 Å². The first-order chi connectivity index (χ1) is 4.92. The van der Waals surface area contributed by atoms with Gasteiger partial charge in [0.2, 0.25) is 10.0 Å². The van der Waals surface area contributed by atoms with Crippen molar-refractivity contribution >= 4 is 10.0 Å². The van der Waals surface area contributed by atoms with Gasteiger partial charge in [-0.1, -0.05) is 0 Å². The molecule has 0 heterocycles. The second-order valence-corrected chi connectivity index (χ2v) is 5.22. The maximum atomic E-state index is 11.2. The number of aliphatic hydroxyl groups excluding tert-OH is 1. The molecule has 0 aromatic carbocycles. The maximum Gasteiger partial charge on any atom is 0.216 e. The zero-order valence-corrected chi connectivity index (χ0v) is 7.93. The van der Waals surface area contributed by atoms with E-state index in [9.17, 15) is 8.42 Å². The Kier molecular flexibility index (Phi) is 3.99. The van der Waals surface area contributed by atoms with Crippen molar-refractivity contribution in [2.24, 2.45) is 0 Å². The molecule has 0 saturated heterocycles. The molecular weight excluding hydrogens is 166 g/mol. The Balaban J connectivity index is 4.32. The van der Waals surface area contributed by atoms with E-state index >= 15 is 0 Å². The van der Waals surface area contributed by atoms with E-state index in [0.29, 0.717) is 6.42 Å². The summed E-state index contributed by atoms with van der Waals surface area (Å²) >= 11 is 0. The molecule has 4 nitrogen and oxygen atoms in total. The molecule has 0 amide bonds. The summed E-state index contributed by atoms with van der Waals surface area (Å²) in [6.07, 6.45) is 0.292. The minimum absolute atomic E-state index is 0.0891. The highest BCUT2D eigenvalue weighted by molar-refractivity contribution is 7.89. The molecule has 1 atom stereocenters. The van der Waals surface area contributed by atoms with Crippen LogP contribution in [0, 0.1) is 0 Å². The van der Waals surface area contributed by atoms with Gasteiger partial charge in [0.25, 0.3) is 0 Å². The molecule has 0 aromatic heterocycles. The Hall–Kier alpha value is -0.130. The Labute approximate surface area is 67.9 Å². The van der Waals surface area contributed by atoms with Gasteiger partial charge in [-0.3, -0.25) is 0 Å². The lowest BCUT2D eigenvalue weighted by Gasteiger charge is -2.16. The molecule has 0 saturated carbocycles. The van der Waals surface area contributed by atoms with Crippen molar-refractivity contribution in [3.8, 4) is 0 Å². The highest BCUT2D eigenvalue weighted by atomic mass is 32.2. The average molecular weight is 181 g/mol. The van der Waals surface area contributed by atoms with Crippen LogP contribution in [-0.4, -0.2) is 43.8 Å². The Morgan fingerprint density at radius 3 is 2.18 bits per heavy atom. The summed E-state index contributed by atoms with van der Waals surface area (Å²) in [5.74, 6) is 0. The number of hydrogen-bond donors (Lipinski definition) is 1. The second kappa shape index (κ2) is 4.04. The van der Waals surface area contributed by atoms with Gasteiger partial charge in [0.05, 0.1) is 5.25 Å². The van der Waals surface area contributed by atoms with Crippen LogP contribution in [0.15, 0.2) is 0 Å². The molecular formula is C6H15NO3S. The van der Waals surface area contributed by atoms with Crippen molar-refractivity contribution in [2.45, 2.75) is 18.6 Å². The monoisotopic (exact) mass is 181 g/mol. The van der Waals surface area contributed by atoms with Crippen LogP contribution in [0.4, 0.5) is 0 Å². The fourth-order valence-electron chi connectivity index (χ4n) is 0.691. The number of sulfonamides is 1. The molecule has 0 aliphatic carbocycles. The van der Waals surface area contributed by atoms with E-state index in [0.717, 1.165) is 0 Å². The van der Waals surface area contributed by atoms with Crippen molar-refractivity contribution < 1.29 is 13.5 Å². The highest BCUT2D eigenvalue weighted by Gasteiger charge is 2.21. The lowest BCUT2D eigenvalue weighted by atomic mass is 10.4. The first-order valence-corrected chi connectivity index (χ1v) is 4.95. The maximum absolute atomic E-state index is 11.2. The number of rotatable bonds is 4. The molecule has 0 spiro atoms. The molecule has 11 heavy (non-hydrogen) atoms. The highest BCUT2D eigenvalue weighted by Crippen LogP contribution is 2.07. The average Bonchev–Trinajstić information content (AvgIpc) is 1.88. The van der Waals surface area contributed by atoms with Crippen molar-refractivity contribution in [1.29, 1.82) is 0 Å². The van der Waals surface area contributed by atoms with Crippen molar-refractivity contribution in [3.63, 3.8) is 0 Å². The Bertz CT molecular complexity index is 198. The van der Waals surface area contributed by atoms with Gasteiger partial charge in [-0.05, 0) is 13.3 Å². The predicted molar refractivity (Wildman–Crippen MR) is 43.8 cm³/mol. The first-order valence-electron chi connectivity index (χ1n) is 3.45. The summed E-state index contributed by atoms with van der Waals surface area (Å²) in [5, 5.41) is 8.00. The van der Waals surface area contributed by atoms with Gasteiger partial charge in [-0.2, -0.15) is 0 Å². The molecule has 1 N–H and O–H groups in total.